The Bertz CT molecular complexity index is 239. The summed E-state index contributed by atoms with van der Waals surface area (Å²) in [6, 6.07) is 10.3. The fraction of sp³-hybridized carbons (Fsp3) is 0.333. The van der Waals surface area contributed by atoms with Crippen LogP contribution in [0.4, 0.5) is 0 Å². The van der Waals surface area contributed by atoms with E-state index in [2.05, 4.69) is 24.3 Å². The maximum atomic E-state index is 10.1. The maximum Gasteiger partial charge on any atom is 0.0825 e. The Morgan fingerprint density at radius 3 is 2.54 bits per heavy atom. The number of hydrogen-bond acceptors (Lipinski definition) is 0. The van der Waals surface area contributed by atoms with Crippen LogP contribution in [0.25, 0.3) is 0 Å². The summed E-state index contributed by atoms with van der Waals surface area (Å²) in [5, 5.41) is 10.1. The first-order chi connectivity index (χ1) is 6.43. The van der Waals surface area contributed by atoms with Gasteiger partial charge >= 0.3 is 0 Å². The van der Waals surface area contributed by atoms with Crippen LogP contribution in [0.5, 0.6) is 0 Å². The van der Waals surface area contributed by atoms with Crippen LogP contribution in [0.3, 0.4) is 0 Å². The molecule has 0 unspecified atom stereocenters. The molecule has 1 rings (SSSR count). The van der Waals surface area contributed by atoms with E-state index in [0.717, 1.165) is 19.3 Å². The average Bonchev–Trinajstić information content (AvgIpc) is 2.19. The molecule has 1 aromatic rings. The van der Waals surface area contributed by atoms with Crippen LogP contribution in [0.1, 0.15) is 18.4 Å². The van der Waals surface area contributed by atoms with Crippen LogP contribution >= 0.6 is 0 Å². The van der Waals surface area contributed by atoms with Gasteiger partial charge in [0, 0.05) is 0 Å². The Balaban J connectivity index is 2.23. The van der Waals surface area contributed by atoms with Crippen molar-refractivity contribution < 1.29 is 5.11 Å². The third-order valence-electron chi connectivity index (χ3n) is 1.88. The Labute approximate surface area is 79.7 Å². The fourth-order valence-corrected chi connectivity index (χ4v) is 1.15. The van der Waals surface area contributed by atoms with E-state index in [1.807, 2.05) is 18.2 Å². The third-order valence-corrected chi connectivity index (χ3v) is 1.88. The van der Waals surface area contributed by atoms with Gasteiger partial charge in [0.05, 0.1) is 6.61 Å². The molecule has 0 saturated heterocycles. The topological polar surface area (TPSA) is 19.9 Å². The quantitative estimate of drug-likeness (QED) is 0.484. The zero-order valence-electron chi connectivity index (χ0n) is 7.78. The highest BCUT2D eigenvalue weighted by Gasteiger charge is 1.85. The lowest BCUT2D eigenvalue weighted by atomic mass is 10.1. The lowest BCUT2D eigenvalue weighted by Gasteiger charge is -1.93. The molecule has 0 N–H and O–H groups in total. The van der Waals surface area contributed by atoms with Gasteiger partial charge in [0.2, 0.25) is 0 Å². The van der Waals surface area contributed by atoms with Crippen LogP contribution in [-0.4, -0.2) is 6.61 Å². The summed E-state index contributed by atoms with van der Waals surface area (Å²) in [6.07, 6.45) is 6.86. The molecule has 1 heteroatoms. The highest BCUT2D eigenvalue weighted by molar-refractivity contribution is 5.17. The van der Waals surface area contributed by atoms with Crippen molar-refractivity contribution in [2.45, 2.75) is 19.3 Å². The van der Waals surface area contributed by atoms with E-state index in [0.29, 0.717) is 0 Å². The lowest BCUT2D eigenvalue weighted by Crippen LogP contribution is -1.80. The minimum absolute atomic E-state index is 0.0374. The molecule has 0 heterocycles. The van der Waals surface area contributed by atoms with Crippen molar-refractivity contribution in [3.63, 3.8) is 0 Å². The predicted octanol–water partition coefficient (Wildman–Crippen LogP) is 3.00. The molecule has 1 radical (unpaired) electrons. The van der Waals surface area contributed by atoms with E-state index in [1.165, 1.54) is 5.56 Å². The number of allylic oxidation sites excluding steroid dienone is 2. The van der Waals surface area contributed by atoms with E-state index in [1.54, 1.807) is 0 Å². The summed E-state index contributed by atoms with van der Waals surface area (Å²) in [6.45, 7) is 0.0374. The van der Waals surface area contributed by atoms with Crippen molar-refractivity contribution in [2.24, 2.45) is 0 Å². The Morgan fingerprint density at radius 2 is 1.85 bits per heavy atom. The molecule has 0 amide bonds. The van der Waals surface area contributed by atoms with Crippen molar-refractivity contribution in [2.75, 3.05) is 6.61 Å². The first kappa shape index (κ1) is 10.0. The van der Waals surface area contributed by atoms with Gasteiger partial charge in [-0.25, -0.2) is 5.11 Å². The van der Waals surface area contributed by atoms with Gasteiger partial charge < -0.3 is 0 Å². The second kappa shape index (κ2) is 6.44. The summed E-state index contributed by atoms with van der Waals surface area (Å²) >= 11 is 0. The van der Waals surface area contributed by atoms with Crippen LogP contribution in [0.15, 0.2) is 42.5 Å². The highest BCUT2D eigenvalue weighted by Crippen LogP contribution is 2.00. The molecule has 0 saturated carbocycles. The molecular weight excluding hydrogens is 160 g/mol. The van der Waals surface area contributed by atoms with E-state index < -0.39 is 0 Å². The number of unbranched alkanes of at least 4 members (excludes halogenated alkanes) is 1. The van der Waals surface area contributed by atoms with Crippen molar-refractivity contribution >= 4 is 0 Å². The van der Waals surface area contributed by atoms with E-state index in [4.69, 9.17) is 0 Å². The molecule has 0 fully saturated rings. The molecule has 0 atom stereocenters. The summed E-state index contributed by atoms with van der Waals surface area (Å²) < 4.78 is 0. The minimum atomic E-state index is 0.0374. The molecule has 0 aliphatic carbocycles. The van der Waals surface area contributed by atoms with Crippen molar-refractivity contribution in [3.05, 3.63) is 48.0 Å². The molecule has 0 aromatic heterocycles. The fourth-order valence-electron chi connectivity index (χ4n) is 1.15. The van der Waals surface area contributed by atoms with Gasteiger partial charge in [0.1, 0.15) is 0 Å². The van der Waals surface area contributed by atoms with E-state index in [-0.39, 0.29) is 6.61 Å². The van der Waals surface area contributed by atoms with Crippen LogP contribution < -0.4 is 0 Å². The normalized spacial score (nSPS) is 10.8. The maximum absolute atomic E-state index is 10.1. The molecule has 69 valence electrons. The van der Waals surface area contributed by atoms with Crippen molar-refractivity contribution in [3.8, 4) is 0 Å². The van der Waals surface area contributed by atoms with Crippen molar-refractivity contribution in [1.82, 2.24) is 0 Å². The Hall–Kier alpha value is -1.08. The zero-order chi connectivity index (χ0) is 9.36. The standard InChI is InChI=1S/C12H15O/c13-11-7-2-1-4-8-12-9-5-3-6-10-12/h1,3-6,9-10H,2,7-8,11H2. The number of rotatable bonds is 5. The molecular formula is C12H15O. The first-order valence-electron chi connectivity index (χ1n) is 4.70. The summed E-state index contributed by atoms with van der Waals surface area (Å²) in [7, 11) is 0. The summed E-state index contributed by atoms with van der Waals surface area (Å²) in [4.78, 5) is 0. The Morgan fingerprint density at radius 1 is 1.08 bits per heavy atom. The van der Waals surface area contributed by atoms with Gasteiger partial charge in [-0.15, -0.1) is 0 Å². The van der Waals surface area contributed by atoms with Gasteiger partial charge in [-0.05, 0) is 24.8 Å². The van der Waals surface area contributed by atoms with E-state index >= 15 is 0 Å². The first-order valence-corrected chi connectivity index (χ1v) is 4.70. The Kier molecular flexibility index (Phi) is 4.95. The SMILES string of the molecule is [O]CCCC=CCc1ccccc1. The summed E-state index contributed by atoms with van der Waals surface area (Å²) in [5.74, 6) is 0. The summed E-state index contributed by atoms with van der Waals surface area (Å²) in [5.41, 5.74) is 1.32. The van der Waals surface area contributed by atoms with Crippen molar-refractivity contribution in [1.29, 1.82) is 0 Å². The molecule has 1 nitrogen and oxygen atoms in total. The molecule has 0 aliphatic rings. The smallest absolute Gasteiger partial charge is 0.0825 e. The van der Waals surface area contributed by atoms with Crippen LogP contribution in [-0.2, 0) is 11.5 Å². The minimum Gasteiger partial charge on any atom is -0.237 e. The average molecular weight is 175 g/mol. The third kappa shape index (κ3) is 4.48. The second-order valence-electron chi connectivity index (χ2n) is 3.01. The van der Waals surface area contributed by atoms with Gasteiger partial charge in [0.15, 0.2) is 0 Å². The molecule has 0 aliphatic heterocycles. The van der Waals surface area contributed by atoms with Gasteiger partial charge in [-0.1, -0.05) is 42.5 Å². The second-order valence-corrected chi connectivity index (χ2v) is 3.01. The molecule has 0 bridgehead atoms. The predicted molar refractivity (Wildman–Crippen MR) is 54.1 cm³/mol. The van der Waals surface area contributed by atoms with Crippen LogP contribution in [0, 0.1) is 0 Å². The number of hydrogen-bond donors (Lipinski definition) is 0. The lowest BCUT2D eigenvalue weighted by molar-refractivity contribution is 0.190. The van der Waals surface area contributed by atoms with Crippen LogP contribution in [0.2, 0.25) is 0 Å². The van der Waals surface area contributed by atoms with Gasteiger partial charge in [-0.3, -0.25) is 0 Å². The van der Waals surface area contributed by atoms with E-state index in [9.17, 15) is 5.11 Å². The number of benzene rings is 1. The van der Waals surface area contributed by atoms with Gasteiger partial charge in [0.25, 0.3) is 0 Å². The largest absolute Gasteiger partial charge is 0.237 e. The van der Waals surface area contributed by atoms with Gasteiger partial charge in [-0.2, -0.15) is 0 Å². The zero-order valence-corrected chi connectivity index (χ0v) is 7.78. The highest BCUT2D eigenvalue weighted by atomic mass is 16.2. The monoisotopic (exact) mass is 175 g/mol. The molecule has 0 spiro atoms. The molecule has 1 aromatic carbocycles. The molecule has 13 heavy (non-hydrogen) atoms.